The van der Waals surface area contributed by atoms with E-state index in [1.165, 1.54) is 10.8 Å². The Morgan fingerprint density at radius 2 is 0.786 bits per heavy atom. The van der Waals surface area contributed by atoms with Gasteiger partial charge < -0.3 is 0 Å². The fourth-order valence-corrected chi connectivity index (χ4v) is 7.83. The molecule has 11 rings (SSSR count). The lowest BCUT2D eigenvalue weighted by atomic mass is 9.95. The molecule has 0 spiro atoms. The van der Waals surface area contributed by atoms with Crippen LogP contribution in [0.15, 0.2) is 188 Å². The number of nitrogens with zero attached hydrogens (tertiary/aromatic N) is 5. The fraction of sp³-hybridized carbons (Fsp3) is 0. The Balaban J connectivity index is 1.06. The van der Waals surface area contributed by atoms with Crippen molar-refractivity contribution in [3.63, 3.8) is 0 Å². The van der Waals surface area contributed by atoms with E-state index in [9.17, 15) is 0 Å². The van der Waals surface area contributed by atoms with E-state index in [0.717, 1.165) is 82.6 Å². The molecule has 0 atom stereocenters. The van der Waals surface area contributed by atoms with E-state index in [0.29, 0.717) is 17.5 Å². The number of para-hydroxylation sites is 1. The van der Waals surface area contributed by atoms with Gasteiger partial charge in [-0.3, -0.25) is 0 Å². The second kappa shape index (κ2) is 13.0. The van der Waals surface area contributed by atoms with Crippen LogP contribution >= 0.6 is 0 Å². The maximum Gasteiger partial charge on any atom is 0.164 e. The summed E-state index contributed by atoms with van der Waals surface area (Å²) in [7, 11) is 0. The smallest absolute Gasteiger partial charge is 0.164 e. The Hall–Kier alpha value is -7.63. The third kappa shape index (κ3) is 5.53. The highest BCUT2D eigenvalue weighted by molar-refractivity contribution is 6.20. The summed E-state index contributed by atoms with van der Waals surface area (Å²) in [6, 6.07) is 65.2. The van der Waals surface area contributed by atoms with Crippen LogP contribution in [0.25, 0.3) is 111 Å². The van der Waals surface area contributed by atoms with Gasteiger partial charge in [-0.2, -0.15) is 0 Å². The molecular weight excluding hydrogens is 683 g/mol. The third-order valence-corrected chi connectivity index (χ3v) is 10.7. The first-order valence-electron chi connectivity index (χ1n) is 18.7. The average molecular weight is 714 g/mol. The highest BCUT2D eigenvalue weighted by Gasteiger charge is 2.17. The minimum Gasteiger partial charge on any atom is -0.248 e. The standard InChI is InChI=1S/C51H31N5/c1-2-12-34(13-3-1)44-28-27-43-46(52-44)29-26-42-41-16-8-9-17-45(41)53-48(47(42)43)35-20-22-36(23-21-35)49-54-50(39-24-18-32-10-4-6-14-37(32)30-39)56-51(55-49)40-25-19-33-11-5-7-15-38(33)31-40/h1-31H. The lowest BCUT2D eigenvalue weighted by molar-refractivity contribution is 1.08. The van der Waals surface area contributed by atoms with Crippen molar-refractivity contribution in [1.82, 2.24) is 24.9 Å². The highest BCUT2D eigenvalue weighted by Crippen LogP contribution is 2.38. The van der Waals surface area contributed by atoms with Gasteiger partial charge in [-0.25, -0.2) is 24.9 Å². The van der Waals surface area contributed by atoms with E-state index in [4.69, 9.17) is 24.9 Å². The molecule has 0 radical (unpaired) electrons. The van der Waals surface area contributed by atoms with Gasteiger partial charge in [0, 0.05) is 44.0 Å². The number of benzene rings is 8. The molecule has 0 aliphatic rings. The predicted octanol–water partition coefficient (Wildman–Crippen LogP) is 12.8. The van der Waals surface area contributed by atoms with Crippen LogP contribution in [0.3, 0.4) is 0 Å². The Labute approximate surface area is 322 Å². The second-order valence-corrected chi connectivity index (χ2v) is 14.1. The van der Waals surface area contributed by atoms with Crippen molar-refractivity contribution in [2.24, 2.45) is 0 Å². The normalized spacial score (nSPS) is 11.6. The van der Waals surface area contributed by atoms with Crippen LogP contribution < -0.4 is 0 Å². The summed E-state index contributed by atoms with van der Waals surface area (Å²) in [5.74, 6) is 1.87. The number of pyridine rings is 2. The minimum atomic E-state index is 0.609. The molecule has 0 N–H and O–H groups in total. The molecule has 0 fully saturated rings. The minimum absolute atomic E-state index is 0.609. The molecule has 0 saturated heterocycles. The van der Waals surface area contributed by atoms with Gasteiger partial charge in [-0.15, -0.1) is 0 Å². The average Bonchev–Trinajstić information content (AvgIpc) is 3.28. The summed E-state index contributed by atoms with van der Waals surface area (Å²) in [6.45, 7) is 0. The van der Waals surface area contributed by atoms with E-state index in [1.807, 2.05) is 24.3 Å². The Morgan fingerprint density at radius 1 is 0.268 bits per heavy atom. The first kappa shape index (κ1) is 31.9. The van der Waals surface area contributed by atoms with Crippen molar-refractivity contribution >= 4 is 54.1 Å². The number of rotatable bonds is 5. The zero-order valence-corrected chi connectivity index (χ0v) is 30.1. The summed E-state index contributed by atoms with van der Waals surface area (Å²) in [4.78, 5) is 25.6. The van der Waals surface area contributed by atoms with Gasteiger partial charge in [0.05, 0.1) is 22.4 Å². The van der Waals surface area contributed by atoms with Crippen LogP contribution in [0.4, 0.5) is 0 Å². The molecule has 0 aliphatic heterocycles. The monoisotopic (exact) mass is 713 g/mol. The molecular formula is C51H31N5. The van der Waals surface area contributed by atoms with Gasteiger partial charge in [0.25, 0.3) is 0 Å². The molecule has 56 heavy (non-hydrogen) atoms. The molecule has 0 amide bonds. The summed E-state index contributed by atoms with van der Waals surface area (Å²) in [5, 5.41) is 9.03. The zero-order chi connectivity index (χ0) is 37.0. The van der Waals surface area contributed by atoms with E-state index >= 15 is 0 Å². The van der Waals surface area contributed by atoms with Crippen LogP contribution in [-0.4, -0.2) is 24.9 Å². The number of hydrogen-bond acceptors (Lipinski definition) is 5. The van der Waals surface area contributed by atoms with Crippen LogP contribution in [0, 0.1) is 0 Å². The molecule has 8 aromatic carbocycles. The maximum atomic E-state index is 5.29. The van der Waals surface area contributed by atoms with Crippen LogP contribution in [0.5, 0.6) is 0 Å². The molecule has 3 aromatic heterocycles. The molecule has 0 saturated carbocycles. The molecule has 5 heteroatoms. The van der Waals surface area contributed by atoms with E-state index in [2.05, 4.69) is 164 Å². The van der Waals surface area contributed by atoms with Gasteiger partial charge in [0.2, 0.25) is 0 Å². The summed E-state index contributed by atoms with van der Waals surface area (Å²) >= 11 is 0. The Morgan fingerprint density at radius 3 is 1.46 bits per heavy atom. The van der Waals surface area contributed by atoms with Crippen molar-refractivity contribution in [2.45, 2.75) is 0 Å². The van der Waals surface area contributed by atoms with Crippen molar-refractivity contribution in [2.75, 3.05) is 0 Å². The number of fused-ring (bicyclic) bond motifs is 7. The zero-order valence-electron chi connectivity index (χ0n) is 30.1. The van der Waals surface area contributed by atoms with Crippen LogP contribution in [-0.2, 0) is 0 Å². The van der Waals surface area contributed by atoms with Gasteiger partial charge in [-0.1, -0.05) is 152 Å². The lowest BCUT2D eigenvalue weighted by Crippen LogP contribution is -2.00. The molecule has 0 bridgehead atoms. The van der Waals surface area contributed by atoms with Crippen molar-refractivity contribution in [3.8, 4) is 56.7 Å². The topological polar surface area (TPSA) is 64.5 Å². The molecule has 11 aromatic rings. The highest BCUT2D eigenvalue weighted by atomic mass is 15.0. The van der Waals surface area contributed by atoms with E-state index in [-0.39, 0.29) is 0 Å². The van der Waals surface area contributed by atoms with E-state index < -0.39 is 0 Å². The first-order valence-corrected chi connectivity index (χ1v) is 18.7. The third-order valence-electron chi connectivity index (χ3n) is 10.7. The fourth-order valence-electron chi connectivity index (χ4n) is 7.83. The number of hydrogen-bond donors (Lipinski definition) is 0. The molecule has 0 unspecified atom stereocenters. The molecule has 260 valence electrons. The predicted molar refractivity (Wildman–Crippen MR) is 230 cm³/mol. The van der Waals surface area contributed by atoms with Crippen molar-refractivity contribution < 1.29 is 0 Å². The van der Waals surface area contributed by atoms with E-state index in [1.54, 1.807) is 0 Å². The van der Waals surface area contributed by atoms with Gasteiger partial charge in [-0.05, 0) is 63.3 Å². The molecule has 5 nitrogen and oxygen atoms in total. The summed E-state index contributed by atoms with van der Waals surface area (Å²) in [5.41, 5.74) is 8.60. The second-order valence-electron chi connectivity index (χ2n) is 14.1. The first-order chi connectivity index (χ1) is 27.7. The van der Waals surface area contributed by atoms with Gasteiger partial charge >= 0.3 is 0 Å². The lowest BCUT2D eigenvalue weighted by Gasteiger charge is -2.14. The van der Waals surface area contributed by atoms with Crippen molar-refractivity contribution in [1.29, 1.82) is 0 Å². The maximum absolute atomic E-state index is 5.29. The summed E-state index contributed by atoms with van der Waals surface area (Å²) in [6.07, 6.45) is 0. The van der Waals surface area contributed by atoms with Crippen molar-refractivity contribution in [3.05, 3.63) is 188 Å². The Bertz CT molecular complexity index is 3210. The number of aromatic nitrogens is 5. The summed E-state index contributed by atoms with van der Waals surface area (Å²) < 4.78 is 0. The molecule has 3 heterocycles. The Kier molecular flexibility index (Phi) is 7.42. The van der Waals surface area contributed by atoms with Crippen LogP contribution in [0.1, 0.15) is 0 Å². The van der Waals surface area contributed by atoms with Gasteiger partial charge in [0.15, 0.2) is 17.5 Å². The largest absolute Gasteiger partial charge is 0.248 e. The molecule has 0 aliphatic carbocycles. The quantitative estimate of drug-likeness (QED) is 0.166. The SMILES string of the molecule is c1ccc(-c2ccc3c(ccc4c5ccccc5nc(-c5ccc(-c6nc(-c7ccc8ccccc8c7)nc(-c7ccc8ccccc8c7)n6)cc5)c34)n2)cc1. The van der Waals surface area contributed by atoms with Gasteiger partial charge in [0.1, 0.15) is 0 Å². The van der Waals surface area contributed by atoms with Crippen LogP contribution in [0.2, 0.25) is 0 Å².